The fourth-order valence-electron chi connectivity index (χ4n) is 0.711. The Kier molecular flexibility index (Phi) is 5.98. The number of hydrogen-bond donors (Lipinski definition) is 2. The minimum absolute atomic E-state index is 0. The van der Waals surface area contributed by atoms with Gasteiger partial charge in [0.1, 0.15) is 0 Å². The van der Waals surface area contributed by atoms with Crippen LogP contribution in [0.5, 0.6) is 0 Å². The molecule has 1 aromatic heterocycles. The molecule has 0 unspecified atom stereocenters. The number of carboxylic acid groups (broad SMARTS) is 1. The van der Waals surface area contributed by atoms with Crippen LogP contribution in [0.25, 0.3) is 0 Å². The third kappa shape index (κ3) is 3.79. The average Bonchev–Trinajstić information content (AvgIpc) is 2.39. The van der Waals surface area contributed by atoms with Crippen molar-refractivity contribution in [3.05, 3.63) is 18.2 Å². The number of carbonyl (C=O) groups is 1. The van der Waals surface area contributed by atoms with Gasteiger partial charge in [0.25, 0.3) is 0 Å². The quantitative estimate of drug-likeness (QED) is 0.470. The predicted molar refractivity (Wildman–Crippen MR) is 35.3 cm³/mol. The summed E-state index contributed by atoms with van der Waals surface area (Å²) in [4.78, 5) is 16.7. The molecule has 0 aliphatic rings. The number of rotatable bonds is 3. The fraction of sp³-hybridized carbons (Fsp3) is 0.333. The summed E-state index contributed by atoms with van der Waals surface area (Å²) < 4.78 is 0. The first-order valence-electron chi connectivity index (χ1n) is 3.14. The van der Waals surface area contributed by atoms with Gasteiger partial charge < -0.3 is 20.6 Å². The zero-order valence-corrected chi connectivity index (χ0v) is 9.90. The molecule has 0 fully saturated rings. The van der Waals surface area contributed by atoms with Gasteiger partial charge in [0.05, 0.1) is 18.0 Å². The third-order valence-electron chi connectivity index (χ3n) is 1.29. The van der Waals surface area contributed by atoms with E-state index in [1.165, 1.54) is 6.33 Å². The van der Waals surface area contributed by atoms with Crippen LogP contribution in [-0.2, 0) is 11.2 Å². The second-order valence-electron chi connectivity index (χ2n) is 2.19. The Bertz CT molecular complexity index is 237. The molecule has 1 aromatic rings. The van der Waals surface area contributed by atoms with Crippen molar-refractivity contribution in [1.29, 1.82) is 0 Å². The number of H-pyrrole nitrogens is 1. The van der Waals surface area contributed by atoms with Gasteiger partial charge in [-0.15, -0.1) is 0 Å². The normalized spacial score (nSPS) is 11.8. The number of nitrogens with two attached hydrogens (primary N) is 1. The predicted octanol–water partition coefficient (Wildman–Crippen LogP) is -4.97. The number of aromatic amines is 1. The second-order valence-corrected chi connectivity index (χ2v) is 2.19. The van der Waals surface area contributed by atoms with Gasteiger partial charge in [-0.05, 0) is 0 Å². The standard InChI is InChI=1S/C6H9N3O2.K/c7-5(6(10)11)1-4-2-8-3-9-4;/h2-3,5H,1,7H2,(H,8,9)(H,10,11);/q;+1/p-1/t5-;/m0./s1. The van der Waals surface area contributed by atoms with E-state index in [2.05, 4.69) is 9.97 Å². The molecule has 0 aliphatic carbocycles. The van der Waals surface area contributed by atoms with E-state index >= 15 is 0 Å². The Morgan fingerprint density at radius 1 is 1.83 bits per heavy atom. The maximum Gasteiger partial charge on any atom is 1.00 e. The largest absolute Gasteiger partial charge is 1.00 e. The first kappa shape index (κ1) is 12.3. The summed E-state index contributed by atoms with van der Waals surface area (Å²) in [6, 6.07) is -0.974. The van der Waals surface area contributed by atoms with Crippen molar-refractivity contribution in [2.45, 2.75) is 12.5 Å². The number of hydrogen-bond acceptors (Lipinski definition) is 4. The van der Waals surface area contributed by atoms with Crippen LogP contribution in [0.15, 0.2) is 12.5 Å². The molecule has 1 heterocycles. The summed E-state index contributed by atoms with van der Waals surface area (Å²) in [5.74, 6) is -1.26. The molecule has 0 saturated heterocycles. The van der Waals surface area contributed by atoms with Gasteiger partial charge in [0.2, 0.25) is 0 Å². The topological polar surface area (TPSA) is 94.8 Å². The molecular weight excluding hydrogens is 185 g/mol. The van der Waals surface area contributed by atoms with Crippen molar-refractivity contribution in [3.8, 4) is 0 Å². The van der Waals surface area contributed by atoms with Crippen molar-refractivity contribution in [2.75, 3.05) is 0 Å². The molecule has 1 rings (SSSR count). The van der Waals surface area contributed by atoms with Crippen molar-refractivity contribution in [1.82, 2.24) is 9.97 Å². The molecule has 0 aromatic carbocycles. The molecule has 60 valence electrons. The Balaban J connectivity index is 0.00000121. The van der Waals surface area contributed by atoms with Crippen LogP contribution < -0.4 is 62.2 Å². The molecule has 1 atom stereocenters. The first-order chi connectivity index (χ1) is 5.20. The molecule has 0 amide bonds. The molecular formula is C6H8KN3O2. The fourth-order valence-corrected chi connectivity index (χ4v) is 0.711. The van der Waals surface area contributed by atoms with E-state index in [0.29, 0.717) is 5.69 Å². The van der Waals surface area contributed by atoms with Gasteiger partial charge >= 0.3 is 51.4 Å². The van der Waals surface area contributed by atoms with Gasteiger partial charge in [-0.1, -0.05) is 0 Å². The van der Waals surface area contributed by atoms with E-state index in [1.807, 2.05) is 0 Å². The minimum atomic E-state index is -1.26. The Morgan fingerprint density at radius 2 is 2.50 bits per heavy atom. The van der Waals surface area contributed by atoms with Crippen molar-refractivity contribution < 1.29 is 61.3 Å². The minimum Gasteiger partial charge on any atom is -0.548 e. The molecule has 0 aliphatic heterocycles. The summed E-state index contributed by atoms with van der Waals surface area (Å²) in [6.07, 6.45) is 3.27. The monoisotopic (exact) mass is 193 g/mol. The molecule has 0 radical (unpaired) electrons. The van der Waals surface area contributed by atoms with Gasteiger partial charge in [-0.3, -0.25) is 0 Å². The van der Waals surface area contributed by atoms with Crippen molar-refractivity contribution in [3.63, 3.8) is 0 Å². The van der Waals surface area contributed by atoms with Crippen LogP contribution in [0, 0.1) is 0 Å². The molecule has 12 heavy (non-hydrogen) atoms. The smallest absolute Gasteiger partial charge is 0.548 e. The molecule has 3 N–H and O–H groups in total. The SMILES string of the molecule is N[C@@H](Cc1c[nH]cn1)C(=O)[O-].[K+]. The molecule has 0 spiro atoms. The molecule has 0 saturated carbocycles. The van der Waals surface area contributed by atoms with E-state index in [9.17, 15) is 9.90 Å². The molecule has 5 nitrogen and oxygen atoms in total. The zero-order chi connectivity index (χ0) is 8.27. The molecule has 6 heteroatoms. The van der Waals surface area contributed by atoms with Gasteiger partial charge in [-0.25, -0.2) is 4.98 Å². The van der Waals surface area contributed by atoms with Crippen molar-refractivity contribution >= 4 is 5.97 Å². The van der Waals surface area contributed by atoms with Crippen LogP contribution in [0.4, 0.5) is 0 Å². The number of nitrogens with zero attached hydrogens (tertiary/aromatic N) is 1. The Hall–Kier alpha value is 0.276. The van der Waals surface area contributed by atoms with E-state index in [0.717, 1.165) is 0 Å². The van der Waals surface area contributed by atoms with Crippen LogP contribution >= 0.6 is 0 Å². The first-order valence-corrected chi connectivity index (χ1v) is 3.14. The average molecular weight is 193 g/mol. The zero-order valence-electron chi connectivity index (χ0n) is 6.78. The summed E-state index contributed by atoms with van der Waals surface area (Å²) in [5.41, 5.74) is 5.82. The summed E-state index contributed by atoms with van der Waals surface area (Å²) in [5, 5.41) is 10.2. The summed E-state index contributed by atoms with van der Waals surface area (Å²) in [7, 11) is 0. The maximum atomic E-state index is 10.2. The van der Waals surface area contributed by atoms with E-state index in [-0.39, 0.29) is 57.8 Å². The Labute approximate surface area is 112 Å². The number of nitrogens with one attached hydrogen (secondary N) is 1. The number of aromatic nitrogens is 2. The van der Waals surface area contributed by atoms with Crippen molar-refractivity contribution in [2.24, 2.45) is 5.73 Å². The molecule has 0 bridgehead atoms. The number of imidazole rings is 1. The van der Waals surface area contributed by atoms with Crippen LogP contribution in [0.1, 0.15) is 5.69 Å². The van der Waals surface area contributed by atoms with Gasteiger partial charge in [0.15, 0.2) is 0 Å². The van der Waals surface area contributed by atoms with Crippen LogP contribution in [-0.4, -0.2) is 22.0 Å². The summed E-state index contributed by atoms with van der Waals surface area (Å²) >= 11 is 0. The number of aliphatic carboxylic acids is 1. The van der Waals surface area contributed by atoms with Crippen LogP contribution in [0.3, 0.4) is 0 Å². The Morgan fingerprint density at radius 3 is 2.92 bits per heavy atom. The van der Waals surface area contributed by atoms with Gasteiger partial charge in [-0.2, -0.15) is 0 Å². The maximum absolute atomic E-state index is 10.2. The van der Waals surface area contributed by atoms with E-state index < -0.39 is 12.0 Å². The van der Waals surface area contributed by atoms with E-state index in [1.54, 1.807) is 6.20 Å². The second kappa shape index (κ2) is 5.84. The van der Waals surface area contributed by atoms with E-state index in [4.69, 9.17) is 5.73 Å². The van der Waals surface area contributed by atoms with Crippen LogP contribution in [0.2, 0.25) is 0 Å². The van der Waals surface area contributed by atoms with Gasteiger partial charge in [0, 0.05) is 18.7 Å². The number of carbonyl (C=O) groups excluding carboxylic acids is 1. The number of carboxylic acids is 1. The third-order valence-corrected chi connectivity index (χ3v) is 1.29. The summed E-state index contributed by atoms with van der Waals surface area (Å²) in [6.45, 7) is 0.